The van der Waals surface area contributed by atoms with Crippen molar-refractivity contribution in [3.05, 3.63) is 30.1 Å². The van der Waals surface area contributed by atoms with Gasteiger partial charge in [-0.05, 0) is 44.0 Å². The summed E-state index contributed by atoms with van der Waals surface area (Å²) in [7, 11) is -3.55. The number of sulfonamides is 1. The van der Waals surface area contributed by atoms with Gasteiger partial charge in [-0.25, -0.2) is 17.5 Å². The largest absolute Gasteiger partial charge is 0.241 e. The molecule has 3 nitrogen and oxygen atoms in total. The summed E-state index contributed by atoms with van der Waals surface area (Å²) in [4.78, 5) is 0.121. The van der Waals surface area contributed by atoms with Gasteiger partial charge in [0.1, 0.15) is 5.82 Å². The fraction of sp³-hybridized carbons (Fsp3) is 0.538. The Hall–Kier alpha value is -0.940. The summed E-state index contributed by atoms with van der Waals surface area (Å²) < 4.78 is 39.9. The summed E-state index contributed by atoms with van der Waals surface area (Å²) in [6, 6.07) is 4.92. The first-order valence-corrected chi connectivity index (χ1v) is 7.69. The maximum atomic E-state index is 12.8. The molecule has 1 saturated carbocycles. The van der Waals surface area contributed by atoms with E-state index in [1.165, 1.54) is 12.1 Å². The molecular weight excluding hydrogens is 253 g/mol. The van der Waals surface area contributed by atoms with E-state index in [-0.39, 0.29) is 10.4 Å². The van der Waals surface area contributed by atoms with Gasteiger partial charge in [-0.1, -0.05) is 19.3 Å². The van der Waals surface area contributed by atoms with Crippen molar-refractivity contribution in [2.45, 2.75) is 49.5 Å². The molecule has 0 spiro atoms. The van der Waals surface area contributed by atoms with Gasteiger partial charge in [0.05, 0.1) is 4.90 Å². The Kier molecular flexibility index (Phi) is 3.73. The van der Waals surface area contributed by atoms with E-state index in [4.69, 9.17) is 0 Å². The molecule has 1 aromatic carbocycles. The van der Waals surface area contributed by atoms with Gasteiger partial charge >= 0.3 is 0 Å². The van der Waals surface area contributed by atoms with E-state index in [1.807, 2.05) is 6.92 Å². The second-order valence-corrected chi connectivity index (χ2v) is 6.86. The van der Waals surface area contributed by atoms with Crippen LogP contribution in [0.3, 0.4) is 0 Å². The number of nitrogens with one attached hydrogen (secondary N) is 1. The second-order valence-electron chi connectivity index (χ2n) is 5.18. The molecule has 1 aliphatic rings. The minimum absolute atomic E-state index is 0.121. The normalized spacial score (nSPS) is 19.7. The average molecular weight is 271 g/mol. The highest BCUT2D eigenvalue weighted by molar-refractivity contribution is 7.89. The fourth-order valence-electron chi connectivity index (χ4n) is 2.43. The molecule has 0 atom stereocenters. The molecule has 0 unspecified atom stereocenters. The van der Waals surface area contributed by atoms with Crippen LogP contribution in [0.1, 0.15) is 39.0 Å². The van der Waals surface area contributed by atoms with Crippen LogP contribution < -0.4 is 4.72 Å². The number of hydrogen-bond donors (Lipinski definition) is 1. The third-order valence-electron chi connectivity index (χ3n) is 3.46. The minimum Gasteiger partial charge on any atom is -0.207 e. The van der Waals surface area contributed by atoms with Crippen molar-refractivity contribution in [2.75, 3.05) is 0 Å². The molecule has 0 aliphatic heterocycles. The lowest BCUT2D eigenvalue weighted by Gasteiger charge is -2.34. The molecule has 18 heavy (non-hydrogen) atoms. The highest BCUT2D eigenvalue weighted by Crippen LogP contribution is 2.29. The number of rotatable bonds is 3. The lowest BCUT2D eigenvalue weighted by Crippen LogP contribution is -2.47. The molecular formula is C13H18FNO2S. The first-order chi connectivity index (χ1) is 8.41. The van der Waals surface area contributed by atoms with Gasteiger partial charge in [-0.2, -0.15) is 0 Å². The maximum absolute atomic E-state index is 12.8. The van der Waals surface area contributed by atoms with Gasteiger partial charge in [-0.15, -0.1) is 0 Å². The maximum Gasteiger partial charge on any atom is 0.241 e. The quantitative estimate of drug-likeness (QED) is 0.919. The van der Waals surface area contributed by atoms with Gasteiger partial charge in [0.15, 0.2) is 0 Å². The molecule has 1 aromatic rings. The smallest absolute Gasteiger partial charge is 0.207 e. The molecule has 0 amide bonds. The van der Waals surface area contributed by atoms with Crippen LogP contribution in [0.25, 0.3) is 0 Å². The third kappa shape index (κ3) is 3.09. The van der Waals surface area contributed by atoms with Crippen molar-refractivity contribution in [1.29, 1.82) is 0 Å². The SMILES string of the molecule is CC1(NS(=O)(=O)c2ccc(F)cc2)CCCCC1. The summed E-state index contributed by atoms with van der Waals surface area (Å²) in [5.74, 6) is -0.433. The van der Waals surface area contributed by atoms with Crippen LogP contribution in [0.4, 0.5) is 4.39 Å². The van der Waals surface area contributed by atoms with Crippen molar-refractivity contribution in [1.82, 2.24) is 4.72 Å². The average Bonchev–Trinajstić information content (AvgIpc) is 2.29. The van der Waals surface area contributed by atoms with Crippen LogP contribution >= 0.6 is 0 Å². The van der Waals surface area contributed by atoms with Gasteiger partial charge in [0.25, 0.3) is 0 Å². The first-order valence-electron chi connectivity index (χ1n) is 6.21. The zero-order chi connectivity index (χ0) is 13.2. The molecule has 100 valence electrons. The Morgan fingerprint density at radius 3 is 2.22 bits per heavy atom. The molecule has 2 rings (SSSR count). The van der Waals surface area contributed by atoms with Crippen molar-refractivity contribution in [2.24, 2.45) is 0 Å². The molecule has 0 aromatic heterocycles. The Morgan fingerprint density at radius 1 is 1.11 bits per heavy atom. The minimum atomic E-state index is -3.55. The topological polar surface area (TPSA) is 46.2 Å². The van der Waals surface area contributed by atoms with E-state index in [0.29, 0.717) is 0 Å². The number of benzene rings is 1. The predicted octanol–water partition coefficient (Wildman–Crippen LogP) is 2.83. The van der Waals surface area contributed by atoms with Gasteiger partial charge in [0.2, 0.25) is 10.0 Å². The summed E-state index contributed by atoms with van der Waals surface area (Å²) in [6.45, 7) is 1.94. The molecule has 1 fully saturated rings. The van der Waals surface area contributed by atoms with E-state index < -0.39 is 15.8 Å². The molecule has 0 radical (unpaired) electrons. The van der Waals surface area contributed by atoms with E-state index in [1.54, 1.807) is 0 Å². The van der Waals surface area contributed by atoms with Crippen molar-refractivity contribution in [3.8, 4) is 0 Å². The lowest BCUT2D eigenvalue weighted by molar-refractivity contribution is 0.294. The summed E-state index contributed by atoms with van der Waals surface area (Å²) in [5, 5.41) is 0. The van der Waals surface area contributed by atoms with Crippen molar-refractivity contribution >= 4 is 10.0 Å². The van der Waals surface area contributed by atoms with Crippen LogP contribution in [0.5, 0.6) is 0 Å². The summed E-state index contributed by atoms with van der Waals surface area (Å²) >= 11 is 0. The molecule has 0 heterocycles. The van der Waals surface area contributed by atoms with E-state index in [2.05, 4.69) is 4.72 Å². The summed E-state index contributed by atoms with van der Waals surface area (Å²) in [6.07, 6.45) is 4.96. The van der Waals surface area contributed by atoms with Crippen LogP contribution in [0, 0.1) is 5.82 Å². The highest BCUT2D eigenvalue weighted by Gasteiger charge is 2.31. The van der Waals surface area contributed by atoms with E-state index in [0.717, 1.165) is 44.2 Å². The molecule has 0 bridgehead atoms. The first kappa shape index (κ1) is 13.5. The number of halogens is 1. The Labute approximate surface area is 107 Å². The molecule has 5 heteroatoms. The zero-order valence-electron chi connectivity index (χ0n) is 10.4. The summed E-state index contributed by atoms with van der Waals surface area (Å²) in [5.41, 5.74) is -0.370. The van der Waals surface area contributed by atoms with Gasteiger partial charge in [-0.3, -0.25) is 0 Å². The predicted molar refractivity (Wildman–Crippen MR) is 68.2 cm³/mol. The third-order valence-corrected chi connectivity index (χ3v) is 5.12. The van der Waals surface area contributed by atoms with Gasteiger partial charge < -0.3 is 0 Å². The van der Waals surface area contributed by atoms with Crippen molar-refractivity contribution < 1.29 is 12.8 Å². The highest BCUT2D eigenvalue weighted by atomic mass is 32.2. The standard InChI is InChI=1S/C13H18FNO2S/c1-13(9-3-2-4-10-13)15-18(16,17)12-7-5-11(14)6-8-12/h5-8,15H,2-4,9-10H2,1H3. The number of hydrogen-bond acceptors (Lipinski definition) is 2. The monoisotopic (exact) mass is 271 g/mol. The van der Waals surface area contributed by atoms with Crippen LogP contribution in [0.2, 0.25) is 0 Å². The fourth-order valence-corrected chi connectivity index (χ4v) is 3.90. The van der Waals surface area contributed by atoms with Gasteiger partial charge in [0, 0.05) is 5.54 Å². The molecule has 0 saturated heterocycles. The van der Waals surface area contributed by atoms with Crippen LogP contribution in [-0.2, 0) is 10.0 Å². The lowest BCUT2D eigenvalue weighted by atomic mass is 9.84. The molecule has 1 aliphatic carbocycles. The van der Waals surface area contributed by atoms with E-state index in [9.17, 15) is 12.8 Å². The molecule has 1 N–H and O–H groups in total. The van der Waals surface area contributed by atoms with Crippen molar-refractivity contribution in [3.63, 3.8) is 0 Å². The van der Waals surface area contributed by atoms with Crippen LogP contribution in [-0.4, -0.2) is 14.0 Å². The second kappa shape index (κ2) is 4.97. The zero-order valence-corrected chi connectivity index (χ0v) is 11.3. The Bertz CT molecular complexity index is 504. The van der Waals surface area contributed by atoms with Crippen LogP contribution in [0.15, 0.2) is 29.2 Å². The Morgan fingerprint density at radius 2 is 1.67 bits per heavy atom. The Balaban J connectivity index is 2.18. The van der Waals surface area contributed by atoms with E-state index >= 15 is 0 Å².